The lowest BCUT2D eigenvalue weighted by molar-refractivity contribution is -0.344. The highest BCUT2D eigenvalue weighted by Gasteiger charge is 2.53. The van der Waals surface area contributed by atoms with Crippen LogP contribution < -0.4 is 0 Å². The van der Waals surface area contributed by atoms with Gasteiger partial charge in [-0.15, -0.1) is 0 Å². The van der Waals surface area contributed by atoms with Crippen LogP contribution >= 0.6 is 0 Å². The summed E-state index contributed by atoms with van der Waals surface area (Å²) in [5.41, 5.74) is -1.49. The van der Waals surface area contributed by atoms with Gasteiger partial charge in [0.25, 0.3) is 0 Å². The van der Waals surface area contributed by atoms with E-state index < -0.39 is 116 Å². The number of hydrogen-bond acceptors (Lipinski definition) is 17. The number of carbonyl (C=O) groups is 3. The molecule has 0 aromatic heterocycles. The van der Waals surface area contributed by atoms with Crippen LogP contribution in [0.3, 0.4) is 0 Å². The third kappa shape index (κ3) is 15.6. The molecule has 17 heteroatoms. The van der Waals surface area contributed by atoms with Crippen LogP contribution in [-0.4, -0.2) is 182 Å². The number of nitrogens with zero attached hydrogens (tertiary/aromatic N) is 2. The molecule has 17 nitrogen and oxygen atoms in total. The van der Waals surface area contributed by atoms with E-state index in [1.54, 1.807) is 46.7 Å². The van der Waals surface area contributed by atoms with Gasteiger partial charge in [0.2, 0.25) is 0 Å². The molecule has 0 aromatic carbocycles. The third-order valence-corrected chi connectivity index (χ3v) is 13.2. The summed E-state index contributed by atoms with van der Waals surface area (Å²) in [6.45, 7) is 14.7. The Morgan fingerprint density at radius 2 is 1.60 bits per heavy atom. The average molecular weight is 927 g/mol. The summed E-state index contributed by atoms with van der Waals surface area (Å²) in [6.07, 6.45) is -1.52. The SMILES string of the molecule is CO[C@@H]1[C@@H](O[C@@H]2O[C@H](C)[C@@H](O[C@H]3C[C@@](C)(O)[C@@H](OC(=O)CC(C)C)[C@H](C)O3)[C@H](N(C)C)[C@H]2O)[C@@H](CC=O)C[C@@H](C)[C@@H](O[C@H]2CC[C@H](N(C)C)[C@@H](C)O2)/C=C/C=C/C[C@@H](C)OC(=O)C[C@H]1O. The molecule has 374 valence electrons. The lowest BCUT2D eigenvalue weighted by atomic mass is 9.82. The topological polar surface area (TPSA) is 201 Å². The highest BCUT2D eigenvalue weighted by molar-refractivity contribution is 5.70. The fourth-order valence-electron chi connectivity index (χ4n) is 9.84. The highest BCUT2D eigenvalue weighted by atomic mass is 16.7. The number of likely N-dealkylation sites (N-methyl/N-ethyl adjacent to an activating group) is 2. The number of hydrogen-bond donors (Lipinski definition) is 3. The van der Waals surface area contributed by atoms with Crippen molar-refractivity contribution in [1.82, 2.24) is 9.80 Å². The third-order valence-electron chi connectivity index (χ3n) is 13.2. The minimum atomic E-state index is -1.49. The molecule has 4 rings (SSSR count). The van der Waals surface area contributed by atoms with Crippen molar-refractivity contribution in [3.8, 4) is 0 Å². The van der Waals surface area contributed by atoms with Gasteiger partial charge in [-0.2, -0.15) is 0 Å². The molecule has 0 saturated carbocycles. The van der Waals surface area contributed by atoms with E-state index >= 15 is 0 Å². The smallest absolute Gasteiger partial charge is 0.308 e. The van der Waals surface area contributed by atoms with E-state index in [1.807, 2.05) is 66.1 Å². The fraction of sp³-hybridized carbons (Fsp3) is 0.854. The number of aldehydes is 1. The maximum absolute atomic E-state index is 13.2. The van der Waals surface area contributed by atoms with Crippen molar-refractivity contribution in [3.05, 3.63) is 24.3 Å². The van der Waals surface area contributed by atoms with Crippen LogP contribution in [0.4, 0.5) is 0 Å². The van der Waals surface area contributed by atoms with Crippen molar-refractivity contribution < 1.29 is 72.3 Å². The van der Waals surface area contributed by atoms with Gasteiger partial charge in [-0.25, -0.2) is 0 Å². The first-order chi connectivity index (χ1) is 30.6. The van der Waals surface area contributed by atoms with Crippen LogP contribution in [0, 0.1) is 17.8 Å². The zero-order valence-electron chi connectivity index (χ0n) is 41.1. The number of esters is 2. The first kappa shape index (κ1) is 55.2. The summed E-state index contributed by atoms with van der Waals surface area (Å²) < 4.78 is 56.3. The molecule has 0 aromatic rings. The molecule has 4 heterocycles. The summed E-state index contributed by atoms with van der Waals surface area (Å²) in [4.78, 5) is 42.3. The molecular formula is C48H82N2O15. The molecule has 3 saturated heterocycles. The summed E-state index contributed by atoms with van der Waals surface area (Å²) in [5, 5.41) is 35.5. The minimum Gasteiger partial charge on any atom is -0.462 e. The maximum atomic E-state index is 13.2. The number of rotatable bonds is 14. The Labute approximate surface area is 387 Å². The van der Waals surface area contributed by atoms with Crippen molar-refractivity contribution in [1.29, 1.82) is 0 Å². The van der Waals surface area contributed by atoms with E-state index in [0.29, 0.717) is 19.3 Å². The first-order valence-corrected chi connectivity index (χ1v) is 23.6. The second-order valence-corrected chi connectivity index (χ2v) is 19.9. The molecule has 0 spiro atoms. The number of aliphatic hydroxyl groups excluding tert-OH is 2. The number of carbonyl (C=O) groups excluding carboxylic acids is 3. The van der Waals surface area contributed by atoms with Crippen LogP contribution in [0.1, 0.15) is 107 Å². The van der Waals surface area contributed by atoms with Crippen molar-refractivity contribution in [3.63, 3.8) is 0 Å². The summed E-state index contributed by atoms with van der Waals surface area (Å²) >= 11 is 0. The lowest BCUT2D eigenvalue weighted by Gasteiger charge is -2.50. The zero-order valence-corrected chi connectivity index (χ0v) is 41.1. The molecule has 0 bridgehead atoms. The van der Waals surface area contributed by atoms with Gasteiger partial charge in [-0.3, -0.25) is 9.59 Å². The molecular weight excluding hydrogens is 845 g/mol. The molecule has 4 aliphatic rings. The summed E-state index contributed by atoms with van der Waals surface area (Å²) in [5.74, 6) is -1.85. The number of cyclic esters (lactones) is 1. The first-order valence-electron chi connectivity index (χ1n) is 23.6. The average Bonchev–Trinajstić information content (AvgIpc) is 3.19. The largest absolute Gasteiger partial charge is 0.462 e. The molecule has 19 atom stereocenters. The Morgan fingerprint density at radius 3 is 2.20 bits per heavy atom. The Bertz CT molecular complexity index is 1540. The van der Waals surface area contributed by atoms with Gasteiger partial charge in [-0.05, 0) is 99.8 Å². The monoisotopic (exact) mass is 927 g/mol. The van der Waals surface area contributed by atoms with E-state index in [9.17, 15) is 29.7 Å². The zero-order chi connectivity index (χ0) is 48.3. The van der Waals surface area contributed by atoms with E-state index in [2.05, 4.69) is 4.90 Å². The van der Waals surface area contributed by atoms with Crippen molar-refractivity contribution >= 4 is 18.2 Å². The van der Waals surface area contributed by atoms with Gasteiger partial charge in [0.15, 0.2) is 25.0 Å². The summed E-state index contributed by atoms with van der Waals surface area (Å²) in [6, 6.07) is -0.506. The van der Waals surface area contributed by atoms with Gasteiger partial charge < -0.3 is 72.5 Å². The second-order valence-electron chi connectivity index (χ2n) is 19.9. The van der Waals surface area contributed by atoms with Crippen LogP contribution in [0.2, 0.25) is 0 Å². The van der Waals surface area contributed by atoms with Crippen LogP contribution in [0.25, 0.3) is 0 Å². The molecule has 0 radical (unpaired) electrons. The van der Waals surface area contributed by atoms with Gasteiger partial charge >= 0.3 is 11.9 Å². The van der Waals surface area contributed by atoms with E-state index in [4.69, 9.17) is 42.6 Å². The number of methoxy groups -OCH3 is 1. The van der Waals surface area contributed by atoms with E-state index in [1.165, 1.54) is 7.11 Å². The molecule has 0 unspecified atom stereocenters. The normalized spacial score (nSPS) is 42.7. The van der Waals surface area contributed by atoms with E-state index in [0.717, 1.165) is 12.7 Å². The van der Waals surface area contributed by atoms with Gasteiger partial charge in [0.1, 0.15) is 36.3 Å². The summed E-state index contributed by atoms with van der Waals surface area (Å²) in [7, 11) is 9.03. The molecule has 3 fully saturated rings. The molecule has 0 aliphatic carbocycles. The molecule has 65 heavy (non-hydrogen) atoms. The van der Waals surface area contributed by atoms with Crippen molar-refractivity contribution in [2.45, 2.75) is 210 Å². The quantitative estimate of drug-likeness (QED) is 0.167. The van der Waals surface area contributed by atoms with Crippen molar-refractivity contribution in [2.24, 2.45) is 17.8 Å². The maximum Gasteiger partial charge on any atom is 0.308 e. The number of allylic oxidation sites excluding steroid dienone is 2. The number of ether oxygens (including phenoxy) is 9. The minimum absolute atomic E-state index is 0.0208. The van der Waals surface area contributed by atoms with Gasteiger partial charge in [-0.1, -0.05) is 45.1 Å². The molecule has 4 aliphatic heterocycles. The van der Waals surface area contributed by atoms with Crippen LogP contribution in [0.5, 0.6) is 0 Å². The number of aliphatic hydroxyl groups is 3. The van der Waals surface area contributed by atoms with Crippen LogP contribution in [0.15, 0.2) is 24.3 Å². The van der Waals surface area contributed by atoms with Gasteiger partial charge in [0.05, 0.1) is 49.1 Å². The predicted molar refractivity (Wildman–Crippen MR) is 240 cm³/mol. The molecule has 0 amide bonds. The lowest BCUT2D eigenvalue weighted by Crippen LogP contribution is -2.66. The second kappa shape index (κ2) is 25.3. The van der Waals surface area contributed by atoms with Crippen LogP contribution in [-0.2, 0) is 57.0 Å². The Kier molecular flexibility index (Phi) is 21.5. The fourth-order valence-corrected chi connectivity index (χ4v) is 9.84. The van der Waals surface area contributed by atoms with E-state index in [-0.39, 0.29) is 43.2 Å². The standard InChI is InChI=1S/C48H82N2O15/c1-27(2)23-37(53)63-46-32(7)60-40(26-48(46,8)56)64-43-31(6)61-47(42(55)41(43)50(11)12)65-44-33(21-22-51)24-28(3)36(62-39-20-19-34(49(9)10)30(5)59-39)18-16-14-15-17-29(4)58-38(54)25-35(52)45(44)57-13/h14-16,18,22,27-36,39-47,52,55-56H,17,19-21,23-26H2,1-13H3/b15-14+,18-16+/t28-,29-,30-,31-,32+,33+,34+,35-,36+,39+,40+,41-,42-,43-,44+,45+,46+,47+,48-/m1/s1. The highest BCUT2D eigenvalue weighted by Crippen LogP contribution is 2.38. The Morgan fingerprint density at radius 1 is 0.908 bits per heavy atom. The predicted octanol–water partition coefficient (Wildman–Crippen LogP) is 3.92. The van der Waals surface area contributed by atoms with Gasteiger partial charge in [0, 0.05) is 38.8 Å². The Hall–Kier alpha value is -2.39. The molecule has 3 N–H and O–H groups in total. The van der Waals surface area contributed by atoms with Crippen molar-refractivity contribution in [2.75, 3.05) is 35.3 Å². The Balaban J connectivity index is 1.63.